The molecule has 0 radical (unpaired) electrons. The van der Waals surface area contributed by atoms with Crippen LogP contribution in [-0.4, -0.2) is 0 Å². The van der Waals surface area contributed by atoms with Gasteiger partial charge < -0.3 is 0 Å². The van der Waals surface area contributed by atoms with Gasteiger partial charge in [0.1, 0.15) is 0 Å². The molecule has 0 aromatic carbocycles. The third-order valence-electron chi connectivity index (χ3n) is 1.42. The van der Waals surface area contributed by atoms with Crippen molar-refractivity contribution in [2.24, 2.45) is 11.8 Å². The normalized spacial score (nSPS) is 11.3. The molecule has 10 heavy (non-hydrogen) atoms. The molecule has 0 aliphatic rings. The quantitative estimate of drug-likeness (QED) is 0.513. The van der Waals surface area contributed by atoms with Crippen LogP contribution in [0.15, 0.2) is 25.3 Å². The van der Waals surface area contributed by atoms with E-state index in [4.69, 9.17) is 0 Å². The summed E-state index contributed by atoms with van der Waals surface area (Å²) in [4.78, 5) is 0. The minimum absolute atomic E-state index is 0.667. The summed E-state index contributed by atoms with van der Waals surface area (Å²) in [5.41, 5.74) is 0. The predicted molar refractivity (Wildman–Crippen MR) is 50.1 cm³/mol. The zero-order chi connectivity index (χ0) is 8.57. The molecule has 0 saturated heterocycles. The number of allylic oxidation sites excluding steroid dienone is 2. The highest BCUT2D eigenvalue weighted by Crippen LogP contribution is 2.08. The van der Waals surface area contributed by atoms with Crippen LogP contribution < -0.4 is 0 Å². The van der Waals surface area contributed by atoms with Crippen molar-refractivity contribution in [2.45, 2.75) is 27.7 Å². The lowest BCUT2D eigenvalue weighted by molar-refractivity contribution is 0.505. The molecule has 0 bridgehead atoms. The van der Waals surface area contributed by atoms with Crippen LogP contribution in [0, 0.1) is 11.8 Å². The van der Waals surface area contributed by atoms with E-state index in [1.807, 2.05) is 13.0 Å². The highest BCUT2D eigenvalue weighted by molar-refractivity contribution is 4.76. The fraction of sp³-hybridized carbons (Fsp3) is 0.600. The van der Waals surface area contributed by atoms with Crippen molar-refractivity contribution >= 4 is 0 Å². The predicted octanol–water partition coefficient (Wildman–Crippen LogP) is 3.66. The maximum absolute atomic E-state index is 3.68. The molecule has 0 aliphatic heterocycles. The first-order valence-electron chi connectivity index (χ1n) is 3.79. The Balaban J connectivity index is 0. The Morgan fingerprint density at radius 2 is 1.40 bits per heavy atom. The van der Waals surface area contributed by atoms with E-state index in [1.165, 1.54) is 0 Å². The standard InChI is InChI=1S/C7H14.C3H6/c1-5-7(4)6(2)3;1-3-2/h5-7H,1H2,2-4H3;3H,1H2,2H3. The zero-order valence-corrected chi connectivity index (χ0v) is 7.72. The highest BCUT2D eigenvalue weighted by Gasteiger charge is 1.98. The molecule has 0 amide bonds. The van der Waals surface area contributed by atoms with Crippen molar-refractivity contribution < 1.29 is 0 Å². The summed E-state index contributed by atoms with van der Waals surface area (Å²) in [5, 5.41) is 0. The largest absolute Gasteiger partial charge is 0.103 e. The van der Waals surface area contributed by atoms with Crippen molar-refractivity contribution in [3.8, 4) is 0 Å². The lowest BCUT2D eigenvalue weighted by Gasteiger charge is -2.07. The summed E-state index contributed by atoms with van der Waals surface area (Å²) in [6, 6.07) is 0. The SMILES string of the molecule is C=CC.C=CC(C)C(C)C. The van der Waals surface area contributed by atoms with Crippen molar-refractivity contribution in [1.82, 2.24) is 0 Å². The van der Waals surface area contributed by atoms with Crippen LogP contribution >= 0.6 is 0 Å². The molecule has 0 rings (SSSR count). The van der Waals surface area contributed by atoms with Crippen molar-refractivity contribution in [2.75, 3.05) is 0 Å². The van der Waals surface area contributed by atoms with Crippen LogP contribution in [0.2, 0.25) is 0 Å². The van der Waals surface area contributed by atoms with Crippen LogP contribution in [0.5, 0.6) is 0 Å². The van der Waals surface area contributed by atoms with Crippen molar-refractivity contribution in [1.29, 1.82) is 0 Å². The second-order valence-corrected chi connectivity index (χ2v) is 2.75. The first kappa shape index (κ1) is 12.2. The fourth-order valence-corrected chi connectivity index (χ4v) is 0.272. The van der Waals surface area contributed by atoms with Gasteiger partial charge in [0, 0.05) is 0 Å². The molecule has 0 heterocycles. The lowest BCUT2D eigenvalue weighted by atomic mass is 9.99. The van der Waals surface area contributed by atoms with Gasteiger partial charge in [0.05, 0.1) is 0 Å². The number of hydrogen-bond acceptors (Lipinski definition) is 0. The van der Waals surface area contributed by atoms with Gasteiger partial charge in [-0.2, -0.15) is 0 Å². The molecule has 0 fully saturated rings. The topological polar surface area (TPSA) is 0 Å². The van der Waals surface area contributed by atoms with Gasteiger partial charge in [0.25, 0.3) is 0 Å². The zero-order valence-electron chi connectivity index (χ0n) is 7.72. The summed E-state index contributed by atoms with van der Waals surface area (Å²) in [6.45, 7) is 15.5. The number of rotatable bonds is 2. The minimum Gasteiger partial charge on any atom is -0.103 e. The molecular weight excluding hydrogens is 120 g/mol. The molecular formula is C10H20. The summed E-state index contributed by atoms with van der Waals surface area (Å²) in [6.07, 6.45) is 3.74. The molecule has 60 valence electrons. The van der Waals surface area contributed by atoms with Gasteiger partial charge in [0.2, 0.25) is 0 Å². The van der Waals surface area contributed by atoms with Gasteiger partial charge >= 0.3 is 0 Å². The van der Waals surface area contributed by atoms with E-state index in [0.717, 1.165) is 5.92 Å². The molecule has 0 nitrogen and oxygen atoms in total. The molecule has 0 aromatic rings. The fourth-order valence-electron chi connectivity index (χ4n) is 0.272. The van der Waals surface area contributed by atoms with E-state index in [2.05, 4.69) is 33.9 Å². The smallest absolute Gasteiger partial charge is 0.0242 e. The van der Waals surface area contributed by atoms with E-state index in [-0.39, 0.29) is 0 Å². The van der Waals surface area contributed by atoms with E-state index < -0.39 is 0 Å². The van der Waals surface area contributed by atoms with Crippen LogP contribution in [0.25, 0.3) is 0 Å². The van der Waals surface area contributed by atoms with Crippen LogP contribution in [-0.2, 0) is 0 Å². The average molecular weight is 140 g/mol. The Labute approximate surface area is 65.7 Å². The van der Waals surface area contributed by atoms with Gasteiger partial charge in [-0.15, -0.1) is 13.2 Å². The Morgan fingerprint density at radius 1 is 1.10 bits per heavy atom. The molecule has 1 unspecified atom stereocenters. The molecule has 0 N–H and O–H groups in total. The average Bonchev–Trinajstić information content (AvgIpc) is 1.88. The molecule has 0 saturated carbocycles. The highest BCUT2D eigenvalue weighted by atomic mass is 14.0. The van der Waals surface area contributed by atoms with E-state index in [1.54, 1.807) is 6.08 Å². The molecule has 0 aliphatic carbocycles. The monoisotopic (exact) mass is 140 g/mol. The number of hydrogen-bond donors (Lipinski definition) is 0. The maximum atomic E-state index is 3.68. The van der Waals surface area contributed by atoms with Crippen molar-refractivity contribution in [3.05, 3.63) is 25.3 Å². The summed E-state index contributed by atoms with van der Waals surface area (Å²) >= 11 is 0. The second-order valence-electron chi connectivity index (χ2n) is 2.75. The summed E-state index contributed by atoms with van der Waals surface area (Å²) < 4.78 is 0. The molecule has 0 spiro atoms. The minimum atomic E-state index is 0.667. The van der Waals surface area contributed by atoms with E-state index >= 15 is 0 Å². The molecule has 1 atom stereocenters. The van der Waals surface area contributed by atoms with Crippen LogP contribution in [0.4, 0.5) is 0 Å². The second kappa shape index (κ2) is 8.48. The van der Waals surface area contributed by atoms with Gasteiger partial charge in [-0.1, -0.05) is 32.9 Å². The van der Waals surface area contributed by atoms with Gasteiger partial charge in [0.15, 0.2) is 0 Å². The Bertz CT molecular complexity index is 80.0. The molecule has 0 heteroatoms. The van der Waals surface area contributed by atoms with Crippen LogP contribution in [0.1, 0.15) is 27.7 Å². The Morgan fingerprint density at radius 3 is 1.40 bits per heavy atom. The van der Waals surface area contributed by atoms with Gasteiger partial charge in [-0.05, 0) is 18.8 Å². The van der Waals surface area contributed by atoms with E-state index in [0.29, 0.717) is 5.92 Å². The third kappa shape index (κ3) is 10.5. The molecule has 0 aromatic heterocycles. The maximum Gasteiger partial charge on any atom is -0.0242 e. The van der Waals surface area contributed by atoms with Gasteiger partial charge in [-0.3, -0.25) is 0 Å². The van der Waals surface area contributed by atoms with Gasteiger partial charge in [-0.25, -0.2) is 0 Å². The first-order valence-corrected chi connectivity index (χ1v) is 3.79. The summed E-state index contributed by atoms with van der Waals surface area (Å²) in [5.74, 6) is 1.41. The third-order valence-corrected chi connectivity index (χ3v) is 1.42. The Hall–Kier alpha value is -0.520. The lowest BCUT2D eigenvalue weighted by Crippen LogP contribution is -1.97. The van der Waals surface area contributed by atoms with E-state index in [9.17, 15) is 0 Å². The summed E-state index contributed by atoms with van der Waals surface area (Å²) in [7, 11) is 0. The van der Waals surface area contributed by atoms with Crippen molar-refractivity contribution in [3.63, 3.8) is 0 Å². The Kier molecular flexibility index (Phi) is 10.3. The van der Waals surface area contributed by atoms with Crippen LogP contribution in [0.3, 0.4) is 0 Å². The first-order chi connectivity index (χ1) is 4.59.